The van der Waals surface area contributed by atoms with Gasteiger partial charge in [0, 0.05) is 51.3 Å². The first-order valence-electron chi connectivity index (χ1n) is 8.04. The Morgan fingerprint density at radius 2 is 1.92 bits per heavy atom. The summed E-state index contributed by atoms with van der Waals surface area (Å²) in [6, 6.07) is 7.36. The van der Waals surface area contributed by atoms with Crippen LogP contribution in [0.5, 0.6) is 5.75 Å². The Morgan fingerprint density at radius 1 is 1.21 bits per heavy atom. The fourth-order valence-electron chi connectivity index (χ4n) is 2.85. The van der Waals surface area contributed by atoms with Gasteiger partial charge in [-0.1, -0.05) is 0 Å². The molecule has 1 aliphatic heterocycles. The van der Waals surface area contributed by atoms with E-state index in [-0.39, 0.29) is 5.91 Å². The van der Waals surface area contributed by atoms with Crippen LogP contribution >= 0.6 is 0 Å². The van der Waals surface area contributed by atoms with Crippen LogP contribution in [0.15, 0.2) is 36.7 Å². The Balaban J connectivity index is 1.47. The predicted molar refractivity (Wildman–Crippen MR) is 93.5 cm³/mol. The average Bonchev–Trinajstić information content (AvgIpc) is 3.02. The maximum Gasteiger partial charge on any atom is 0.238 e. The molecule has 0 spiro atoms. The summed E-state index contributed by atoms with van der Waals surface area (Å²) in [5.74, 6) is 1.77. The van der Waals surface area contributed by atoms with Crippen LogP contribution in [0.3, 0.4) is 0 Å². The van der Waals surface area contributed by atoms with Crippen molar-refractivity contribution >= 4 is 17.5 Å². The number of benzene rings is 1. The van der Waals surface area contributed by atoms with E-state index in [0.29, 0.717) is 6.54 Å². The fourth-order valence-corrected chi connectivity index (χ4v) is 2.85. The lowest BCUT2D eigenvalue weighted by molar-refractivity contribution is -0.117. The molecular formula is C17H23N5O2. The van der Waals surface area contributed by atoms with Crippen LogP contribution in [-0.2, 0) is 11.8 Å². The Kier molecular flexibility index (Phi) is 5.00. The molecule has 2 heterocycles. The highest BCUT2D eigenvalue weighted by Gasteiger charge is 2.21. The van der Waals surface area contributed by atoms with E-state index in [1.54, 1.807) is 7.11 Å². The molecule has 7 nitrogen and oxygen atoms in total. The topological polar surface area (TPSA) is 62.6 Å². The number of imidazole rings is 1. The van der Waals surface area contributed by atoms with E-state index in [0.717, 1.165) is 43.6 Å². The van der Waals surface area contributed by atoms with Crippen molar-refractivity contribution < 1.29 is 9.53 Å². The molecule has 1 aliphatic rings. The molecule has 0 atom stereocenters. The van der Waals surface area contributed by atoms with Gasteiger partial charge in [-0.25, -0.2) is 4.98 Å². The highest BCUT2D eigenvalue weighted by molar-refractivity contribution is 5.92. The second kappa shape index (κ2) is 7.35. The lowest BCUT2D eigenvalue weighted by Crippen LogP contribution is -2.49. The summed E-state index contributed by atoms with van der Waals surface area (Å²) in [5, 5.41) is 2.92. The number of aromatic nitrogens is 2. The number of piperazine rings is 1. The summed E-state index contributed by atoms with van der Waals surface area (Å²) < 4.78 is 7.13. The number of hydrogen-bond acceptors (Lipinski definition) is 5. The minimum Gasteiger partial charge on any atom is -0.497 e. The van der Waals surface area contributed by atoms with Gasteiger partial charge in [0.25, 0.3) is 0 Å². The summed E-state index contributed by atoms with van der Waals surface area (Å²) in [5.41, 5.74) is 0.785. The van der Waals surface area contributed by atoms with Gasteiger partial charge in [-0.15, -0.1) is 0 Å². The van der Waals surface area contributed by atoms with E-state index >= 15 is 0 Å². The standard InChI is InChI=1S/C17H23N5O2/c1-20-8-7-18-17(20)22-11-9-21(10-12-22)13-16(23)19-14-3-5-15(24-2)6-4-14/h3-8H,9-13H2,1-2H3,(H,19,23). The number of hydrogen-bond donors (Lipinski definition) is 1. The molecule has 3 rings (SSSR count). The Morgan fingerprint density at radius 3 is 2.50 bits per heavy atom. The summed E-state index contributed by atoms with van der Waals surface area (Å²) in [7, 11) is 3.62. The fraction of sp³-hybridized carbons (Fsp3) is 0.412. The quantitative estimate of drug-likeness (QED) is 0.893. The van der Waals surface area contributed by atoms with E-state index in [9.17, 15) is 4.79 Å². The Bertz CT molecular complexity index is 675. The van der Waals surface area contributed by atoms with Gasteiger partial charge < -0.3 is 19.5 Å². The second-order valence-corrected chi connectivity index (χ2v) is 5.88. The highest BCUT2D eigenvalue weighted by atomic mass is 16.5. The smallest absolute Gasteiger partial charge is 0.238 e. The Hall–Kier alpha value is -2.54. The maximum absolute atomic E-state index is 12.2. The molecule has 0 saturated carbocycles. The molecule has 0 unspecified atom stereocenters. The van der Waals surface area contributed by atoms with Gasteiger partial charge in [0.2, 0.25) is 11.9 Å². The number of carbonyl (C=O) groups excluding carboxylic acids is 1. The number of amides is 1. The normalized spacial score (nSPS) is 15.3. The number of methoxy groups -OCH3 is 1. The number of nitrogens with one attached hydrogen (secondary N) is 1. The van der Waals surface area contributed by atoms with Gasteiger partial charge in [0.15, 0.2) is 0 Å². The highest BCUT2D eigenvalue weighted by Crippen LogP contribution is 2.15. The first-order valence-corrected chi connectivity index (χ1v) is 8.04. The monoisotopic (exact) mass is 329 g/mol. The zero-order valence-electron chi connectivity index (χ0n) is 14.1. The number of nitrogens with zero attached hydrogens (tertiary/aromatic N) is 4. The zero-order chi connectivity index (χ0) is 16.9. The summed E-state index contributed by atoms with van der Waals surface area (Å²) in [6.07, 6.45) is 3.76. The van der Waals surface area contributed by atoms with Crippen molar-refractivity contribution in [3.63, 3.8) is 0 Å². The predicted octanol–water partition coefficient (Wildman–Crippen LogP) is 1.19. The molecule has 1 fully saturated rings. The van der Waals surface area contributed by atoms with Gasteiger partial charge in [-0.05, 0) is 24.3 Å². The number of rotatable bonds is 5. The average molecular weight is 329 g/mol. The van der Waals surface area contributed by atoms with E-state index in [2.05, 4.69) is 20.1 Å². The molecular weight excluding hydrogens is 306 g/mol. The van der Waals surface area contributed by atoms with E-state index in [1.807, 2.05) is 48.3 Å². The van der Waals surface area contributed by atoms with Gasteiger partial charge in [0.05, 0.1) is 13.7 Å². The summed E-state index contributed by atoms with van der Waals surface area (Å²) in [4.78, 5) is 21.0. The maximum atomic E-state index is 12.2. The number of anilines is 2. The minimum atomic E-state index is 0.00519. The molecule has 1 aromatic heterocycles. The first-order chi connectivity index (χ1) is 11.7. The van der Waals surface area contributed by atoms with Crippen molar-refractivity contribution in [2.75, 3.05) is 50.1 Å². The van der Waals surface area contributed by atoms with Crippen LogP contribution in [-0.4, -0.2) is 60.2 Å². The van der Waals surface area contributed by atoms with Crippen LogP contribution in [0.4, 0.5) is 11.6 Å². The third-order valence-corrected chi connectivity index (χ3v) is 4.19. The zero-order valence-corrected chi connectivity index (χ0v) is 14.1. The largest absolute Gasteiger partial charge is 0.497 e. The van der Waals surface area contributed by atoms with Crippen molar-refractivity contribution in [2.45, 2.75) is 0 Å². The minimum absolute atomic E-state index is 0.00519. The second-order valence-electron chi connectivity index (χ2n) is 5.88. The van der Waals surface area contributed by atoms with Gasteiger partial charge in [-0.3, -0.25) is 9.69 Å². The molecule has 0 bridgehead atoms. The van der Waals surface area contributed by atoms with E-state index in [1.165, 1.54) is 0 Å². The SMILES string of the molecule is COc1ccc(NC(=O)CN2CCN(c3nccn3C)CC2)cc1. The van der Waals surface area contributed by atoms with Crippen molar-refractivity contribution in [3.8, 4) is 5.75 Å². The van der Waals surface area contributed by atoms with Crippen molar-refractivity contribution in [2.24, 2.45) is 7.05 Å². The molecule has 7 heteroatoms. The number of ether oxygens (including phenoxy) is 1. The van der Waals surface area contributed by atoms with Crippen molar-refractivity contribution in [1.29, 1.82) is 0 Å². The molecule has 128 valence electrons. The van der Waals surface area contributed by atoms with Crippen molar-refractivity contribution in [1.82, 2.24) is 14.5 Å². The molecule has 0 radical (unpaired) electrons. The first kappa shape index (κ1) is 16.3. The van der Waals surface area contributed by atoms with Crippen LogP contribution in [0.25, 0.3) is 0 Å². The third-order valence-electron chi connectivity index (χ3n) is 4.19. The van der Waals surface area contributed by atoms with Gasteiger partial charge >= 0.3 is 0 Å². The van der Waals surface area contributed by atoms with E-state index in [4.69, 9.17) is 4.74 Å². The number of carbonyl (C=O) groups is 1. The molecule has 1 aromatic carbocycles. The summed E-state index contributed by atoms with van der Waals surface area (Å²) in [6.45, 7) is 3.85. The Labute approximate surface area is 141 Å². The molecule has 2 aromatic rings. The van der Waals surface area contributed by atoms with E-state index < -0.39 is 0 Å². The van der Waals surface area contributed by atoms with Crippen molar-refractivity contribution in [3.05, 3.63) is 36.7 Å². The van der Waals surface area contributed by atoms with Crippen LogP contribution in [0.1, 0.15) is 0 Å². The molecule has 24 heavy (non-hydrogen) atoms. The van der Waals surface area contributed by atoms with Gasteiger partial charge in [-0.2, -0.15) is 0 Å². The lowest BCUT2D eigenvalue weighted by atomic mass is 10.3. The van der Waals surface area contributed by atoms with Crippen LogP contribution in [0.2, 0.25) is 0 Å². The van der Waals surface area contributed by atoms with Crippen LogP contribution < -0.4 is 15.0 Å². The lowest BCUT2D eigenvalue weighted by Gasteiger charge is -2.34. The third kappa shape index (κ3) is 3.86. The summed E-state index contributed by atoms with van der Waals surface area (Å²) >= 11 is 0. The molecule has 1 saturated heterocycles. The molecule has 1 N–H and O–H groups in total. The van der Waals surface area contributed by atoms with Crippen LogP contribution in [0, 0.1) is 0 Å². The molecule has 0 aliphatic carbocycles. The van der Waals surface area contributed by atoms with Gasteiger partial charge in [0.1, 0.15) is 5.75 Å². The molecule has 1 amide bonds. The number of aryl methyl sites for hydroxylation is 1.